The molecule has 1 aromatic heterocycles. The summed E-state index contributed by atoms with van der Waals surface area (Å²) in [5, 5.41) is 5.36. The third kappa shape index (κ3) is 3.71. The van der Waals surface area contributed by atoms with Crippen molar-refractivity contribution in [3.63, 3.8) is 0 Å². The molecule has 5 nitrogen and oxygen atoms in total. The Morgan fingerprint density at radius 1 is 1.45 bits per heavy atom. The van der Waals surface area contributed by atoms with E-state index in [0.29, 0.717) is 23.7 Å². The van der Waals surface area contributed by atoms with Crippen LogP contribution in [0.5, 0.6) is 0 Å². The second-order valence-electron chi connectivity index (χ2n) is 4.63. The van der Waals surface area contributed by atoms with Gasteiger partial charge in [0.1, 0.15) is 0 Å². The van der Waals surface area contributed by atoms with Gasteiger partial charge in [-0.2, -0.15) is 0 Å². The molecule has 0 atom stereocenters. The zero-order valence-electron chi connectivity index (χ0n) is 11.6. The van der Waals surface area contributed by atoms with Gasteiger partial charge in [-0.25, -0.2) is 4.98 Å². The van der Waals surface area contributed by atoms with Crippen LogP contribution in [0.15, 0.2) is 29.6 Å². The molecule has 0 aliphatic rings. The van der Waals surface area contributed by atoms with Gasteiger partial charge in [0, 0.05) is 43.7 Å². The molecule has 0 radical (unpaired) electrons. The van der Waals surface area contributed by atoms with Crippen molar-refractivity contribution in [1.29, 1.82) is 0 Å². The van der Waals surface area contributed by atoms with Crippen molar-refractivity contribution < 1.29 is 4.79 Å². The van der Waals surface area contributed by atoms with E-state index < -0.39 is 0 Å². The van der Waals surface area contributed by atoms with Crippen LogP contribution in [-0.4, -0.2) is 31.5 Å². The summed E-state index contributed by atoms with van der Waals surface area (Å²) in [4.78, 5) is 18.2. The number of thiazole rings is 1. The molecule has 106 valence electrons. The molecule has 1 heterocycles. The van der Waals surface area contributed by atoms with Crippen molar-refractivity contribution >= 4 is 28.1 Å². The first-order chi connectivity index (χ1) is 9.56. The van der Waals surface area contributed by atoms with Gasteiger partial charge in [0.15, 0.2) is 5.13 Å². The van der Waals surface area contributed by atoms with Crippen molar-refractivity contribution in [1.82, 2.24) is 10.3 Å². The number of benzene rings is 1. The fraction of sp³-hybridized carbons (Fsp3) is 0.286. The Balaban J connectivity index is 1.90. The zero-order chi connectivity index (χ0) is 14.5. The normalized spacial score (nSPS) is 10.3. The van der Waals surface area contributed by atoms with Gasteiger partial charge in [-0.05, 0) is 18.2 Å². The van der Waals surface area contributed by atoms with Crippen LogP contribution in [0.1, 0.15) is 16.1 Å². The Labute approximate surface area is 122 Å². The minimum absolute atomic E-state index is 0.0723. The van der Waals surface area contributed by atoms with Gasteiger partial charge in [0.05, 0.1) is 5.69 Å². The molecule has 2 rings (SSSR count). The fourth-order valence-electron chi connectivity index (χ4n) is 1.77. The van der Waals surface area contributed by atoms with E-state index in [2.05, 4.69) is 10.3 Å². The fourth-order valence-corrected chi connectivity index (χ4v) is 2.37. The molecule has 0 bridgehead atoms. The van der Waals surface area contributed by atoms with E-state index in [9.17, 15) is 4.79 Å². The third-order valence-electron chi connectivity index (χ3n) is 2.86. The maximum atomic E-state index is 12.0. The molecule has 0 spiro atoms. The number of nitrogens with zero attached hydrogens (tertiary/aromatic N) is 2. The van der Waals surface area contributed by atoms with Gasteiger partial charge in [-0.1, -0.05) is 6.07 Å². The van der Waals surface area contributed by atoms with E-state index in [4.69, 9.17) is 5.73 Å². The number of nitrogen functional groups attached to an aromatic ring is 1. The molecular formula is C14H18N4OS. The molecule has 20 heavy (non-hydrogen) atoms. The first-order valence-electron chi connectivity index (χ1n) is 6.32. The number of nitrogens with one attached hydrogen (secondary N) is 1. The average molecular weight is 290 g/mol. The molecule has 0 saturated carbocycles. The minimum atomic E-state index is -0.0723. The van der Waals surface area contributed by atoms with Crippen LogP contribution in [-0.2, 0) is 6.42 Å². The van der Waals surface area contributed by atoms with Gasteiger partial charge < -0.3 is 16.0 Å². The molecule has 0 saturated heterocycles. The van der Waals surface area contributed by atoms with Crippen molar-refractivity contribution in [3.05, 3.63) is 40.9 Å². The molecule has 0 aliphatic carbocycles. The number of amides is 1. The van der Waals surface area contributed by atoms with Crippen molar-refractivity contribution in [2.75, 3.05) is 31.3 Å². The van der Waals surface area contributed by atoms with Crippen LogP contribution in [0.4, 0.5) is 10.8 Å². The number of carbonyl (C=O) groups excluding carboxylic acids is 1. The van der Waals surface area contributed by atoms with Gasteiger partial charge >= 0.3 is 0 Å². The summed E-state index contributed by atoms with van der Waals surface area (Å²) in [6.45, 7) is 0.550. The molecule has 1 aromatic carbocycles. The molecule has 1 amide bonds. The molecule has 0 unspecified atom stereocenters. The molecule has 0 fully saturated rings. The predicted octanol–water partition coefficient (Wildman–Crippen LogP) is 1.76. The van der Waals surface area contributed by atoms with Gasteiger partial charge in [0.2, 0.25) is 0 Å². The highest BCUT2D eigenvalue weighted by molar-refractivity contribution is 7.13. The van der Waals surface area contributed by atoms with Crippen molar-refractivity contribution in [3.8, 4) is 0 Å². The first-order valence-corrected chi connectivity index (χ1v) is 7.19. The lowest BCUT2D eigenvalue weighted by atomic mass is 10.2. The Morgan fingerprint density at radius 2 is 2.25 bits per heavy atom. The number of hydrogen-bond acceptors (Lipinski definition) is 5. The third-order valence-corrected chi connectivity index (χ3v) is 3.58. The quantitative estimate of drug-likeness (QED) is 0.880. The lowest BCUT2D eigenvalue weighted by molar-refractivity contribution is 0.0954. The smallest absolute Gasteiger partial charge is 0.251 e. The summed E-state index contributed by atoms with van der Waals surface area (Å²) < 4.78 is 0. The van der Waals surface area contributed by atoms with Crippen LogP contribution in [0.3, 0.4) is 0 Å². The molecule has 0 aliphatic heterocycles. The van der Waals surface area contributed by atoms with Crippen LogP contribution in [0, 0.1) is 0 Å². The average Bonchev–Trinajstić information content (AvgIpc) is 2.84. The summed E-state index contributed by atoms with van der Waals surface area (Å²) in [5.41, 5.74) is 8.14. The van der Waals surface area contributed by atoms with Gasteiger partial charge in [-0.15, -0.1) is 11.3 Å². The number of hydrogen-bond donors (Lipinski definition) is 2. The highest BCUT2D eigenvalue weighted by Crippen LogP contribution is 2.13. The highest BCUT2D eigenvalue weighted by atomic mass is 32.1. The first kappa shape index (κ1) is 14.3. The number of nitrogens with two attached hydrogens (primary N) is 1. The molecule has 2 aromatic rings. The van der Waals surface area contributed by atoms with E-state index in [1.807, 2.05) is 48.6 Å². The summed E-state index contributed by atoms with van der Waals surface area (Å²) >= 11 is 1.41. The molecule has 6 heteroatoms. The Morgan fingerprint density at radius 3 is 2.90 bits per heavy atom. The van der Waals surface area contributed by atoms with Crippen LogP contribution >= 0.6 is 11.3 Å². The second-order valence-corrected chi connectivity index (χ2v) is 5.52. The second kappa shape index (κ2) is 6.38. The maximum absolute atomic E-state index is 12.0. The summed E-state index contributed by atoms with van der Waals surface area (Å²) in [5.74, 6) is -0.0723. The minimum Gasteiger partial charge on any atom is -0.378 e. The standard InChI is InChI=1S/C14H18N4OS/c1-18(2)12-5-3-4-10(8-12)13(19)16-7-6-11-9-20-14(15)17-11/h3-5,8-9H,6-7H2,1-2H3,(H2,15,17)(H,16,19). The number of carbonyl (C=O) groups is 1. The summed E-state index contributed by atoms with van der Waals surface area (Å²) in [6.07, 6.45) is 0.687. The highest BCUT2D eigenvalue weighted by Gasteiger charge is 2.07. The zero-order valence-corrected chi connectivity index (χ0v) is 12.4. The molecular weight excluding hydrogens is 272 g/mol. The van der Waals surface area contributed by atoms with E-state index >= 15 is 0 Å². The Kier molecular flexibility index (Phi) is 4.57. The SMILES string of the molecule is CN(C)c1cccc(C(=O)NCCc2csc(N)n2)c1. The van der Waals surface area contributed by atoms with Crippen molar-refractivity contribution in [2.24, 2.45) is 0 Å². The summed E-state index contributed by atoms with van der Waals surface area (Å²) in [6, 6.07) is 7.53. The van der Waals surface area contributed by atoms with E-state index in [0.717, 1.165) is 11.4 Å². The monoisotopic (exact) mass is 290 g/mol. The van der Waals surface area contributed by atoms with Gasteiger partial charge in [0.25, 0.3) is 5.91 Å². The lowest BCUT2D eigenvalue weighted by Gasteiger charge is -2.13. The Bertz CT molecular complexity index is 594. The number of rotatable bonds is 5. The van der Waals surface area contributed by atoms with E-state index in [1.165, 1.54) is 11.3 Å². The van der Waals surface area contributed by atoms with Crippen LogP contribution in [0.2, 0.25) is 0 Å². The number of aromatic nitrogens is 1. The maximum Gasteiger partial charge on any atom is 0.251 e. The summed E-state index contributed by atoms with van der Waals surface area (Å²) in [7, 11) is 3.90. The van der Waals surface area contributed by atoms with E-state index in [-0.39, 0.29) is 5.91 Å². The topological polar surface area (TPSA) is 71.2 Å². The predicted molar refractivity (Wildman–Crippen MR) is 83.3 cm³/mol. The van der Waals surface area contributed by atoms with E-state index in [1.54, 1.807) is 0 Å². The molecule has 3 N–H and O–H groups in total. The van der Waals surface area contributed by atoms with Gasteiger partial charge in [-0.3, -0.25) is 4.79 Å². The Hall–Kier alpha value is -2.08. The van der Waals surface area contributed by atoms with Crippen LogP contribution in [0.25, 0.3) is 0 Å². The lowest BCUT2D eigenvalue weighted by Crippen LogP contribution is -2.26. The number of anilines is 2. The van der Waals surface area contributed by atoms with Crippen LogP contribution < -0.4 is 16.0 Å². The largest absolute Gasteiger partial charge is 0.378 e. The van der Waals surface area contributed by atoms with Crippen molar-refractivity contribution in [2.45, 2.75) is 6.42 Å².